The summed E-state index contributed by atoms with van der Waals surface area (Å²) in [6, 6.07) is 8.68. The molecule has 0 heterocycles. The van der Waals surface area contributed by atoms with Crippen molar-refractivity contribution in [3.05, 3.63) is 35.9 Å². The zero-order valence-corrected chi connectivity index (χ0v) is 11.7. The molecular weight excluding hydrogens is 274 g/mol. The van der Waals surface area contributed by atoms with Crippen LogP contribution < -0.4 is 5.32 Å². The van der Waals surface area contributed by atoms with E-state index >= 15 is 0 Å². The topological polar surface area (TPSA) is 81.7 Å². The summed E-state index contributed by atoms with van der Waals surface area (Å²) in [5.41, 5.74) is 0.861. The zero-order chi connectivity index (χ0) is 15.2. The Kier molecular flexibility index (Phi) is 4.92. The van der Waals surface area contributed by atoms with Gasteiger partial charge in [0.25, 0.3) is 0 Å². The van der Waals surface area contributed by atoms with Crippen LogP contribution >= 0.6 is 0 Å². The van der Waals surface area contributed by atoms with Crippen LogP contribution in [0.3, 0.4) is 0 Å². The summed E-state index contributed by atoms with van der Waals surface area (Å²) in [7, 11) is 1.26. The van der Waals surface area contributed by atoms with Crippen LogP contribution in [0.5, 0.6) is 0 Å². The average Bonchev–Trinajstić information content (AvgIpc) is 2.86. The molecular formula is C15H17NO5. The van der Waals surface area contributed by atoms with Gasteiger partial charge in [0, 0.05) is 12.8 Å². The number of nitrogens with one attached hydrogen (secondary N) is 1. The summed E-state index contributed by atoms with van der Waals surface area (Å²) >= 11 is 0. The summed E-state index contributed by atoms with van der Waals surface area (Å²) in [5.74, 6) is -1.19. The van der Waals surface area contributed by atoms with Crippen molar-refractivity contribution >= 4 is 17.8 Å². The Morgan fingerprint density at radius 3 is 2.62 bits per heavy atom. The number of ketones is 1. The molecule has 0 aliphatic heterocycles. The lowest BCUT2D eigenvalue weighted by molar-refractivity contribution is -0.146. The minimum absolute atomic E-state index is 0.0706. The third-order valence-corrected chi connectivity index (χ3v) is 3.40. The highest BCUT2D eigenvalue weighted by Crippen LogP contribution is 2.24. The molecule has 0 radical (unpaired) electrons. The number of alkyl carbamates (subject to hydrolysis) is 1. The minimum atomic E-state index is -0.646. The van der Waals surface area contributed by atoms with Crippen molar-refractivity contribution in [3.8, 4) is 0 Å². The molecule has 6 nitrogen and oxygen atoms in total. The van der Waals surface area contributed by atoms with Gasteiger partial charge in [-0.3, -0.25) is 9.59 Å². The lowest BCUT2D eigenvalue weighted by atomic mass is 10.0. The van der Waals surface area contributed by atoms with Crippen LogP contribution in [0.25, 0.3) is 0 Å². The highest BCUT2D eigenvalue weighted by atomic mass is 16.5. The van der Waals surface area contributed by atoms with E-state index in [9.17, 15) is 14.4 Å². The average molecular weight is 291 g/mol. The van der Waals surface area contributed by atoms with Gasteiger partial charge < -0.3 is 14.8 Å². The van der Waals surface area contributed by atoms with Crippen molar-refractivity contribution in [1.29, 1.82) is 0 Å². The molecule has 2 atom stereocenters. The molecule has 1 N–H and O–H groups in total. The third kappa shape index (κ3) is 4.05. The first-order valence-electron chi connectivity index (χ1n) is 6.67. The maximum absolute atomic E-state index is 11.7. The van der Waals surface area contributed by atoms with E-state index in [1.165, 1.54) is 7.11 Å². The van der Waals surface area contributed by atoms with E-state index in [4.69, 9.17) is 4.74 Å². The second kappa shape index (κ2) is 6.88. The predicted molar refractivity (Wildman–Crippen MR) is 73.3 cm³/mol. The minimum Gasteiger partial charge on any atom is -0.469 e. The summed E-state index contributed by atoms with van der Waals surface area (Å²) in [4.78, 5) is 34.7. The van der Waals surface area contributed by atoms with Crippen molar-refractivity contribution in [2.45, 2.75) is 25.5 Å². The third-order valence-electron chi connectivity index (χ3n) is 3.40. The Bertz CT molecular complexity index is 528. The van der Waals surface area contributed by atoms with Crippen molar-refractivity contribution in [1.82, 2.24) is 5.32 Å². The van der Waals surface area contributed by atoms with Crippen molar-refractivity contribution in [3.63, 3.8) is 0 Å². The number of esters is 1. The molecule has 6 heteroatoms. The van der Waals surface area contributed by atoms with Gasteiger partial charge in [0.15, 0.2) is 0 Å². The number of carbonyl (C=O) groups excluding carboxylic acids is 3. The summed E-state index contributed by atoms with van der Waals surface area (Å²) < 4.78 is 9.71. The SMILES string of the molecule is COC(=O)[C@H]1CC(=O)C[C@H]1NC(=O)OCc1ccccc1. The largest absolute Gasteiger partial charge is 0.469 e. The molecule has 1 aromatic rings. The molecule has 1 aromatic carbocycles. The van der Waals surface area contributed by atoms with Crippen LogP contribution in [0.15, 0.2) is 30.3 Å². The number of hydrogen-bond acceptors (Lipinski definition) is 5. The number of rotatable bonds is 4. The molecule has 1 aliphatic rings. The number of Topliss-reactive ketones (excluding diaryl/α,β-unsaturated/α-hetero) is 1. The standard InChI is InChI=1S/C15H17NO5/c1-20-14(18)12-7-11(17)8-13(12)16-15(19)21-9-10-5-3-2-4-6-10/h2-6,12-13H,7-9H2,1H3,(H,16,19)/t12-,13+/m0/s1. The lowest BCUT2D eigenvalue weighted by Gasteiger charge is -2.17. The summed E-state index contributed by atoms with van der Waals surface area (Å²) in [6.45, 7) is 0.135. The van der Waals surface area contributed by atoms with Crippen molar-refractivity contribution < 1.29 is 23.9 Å². The van der Waals surface area contributed by atoms with Crippen LogP contribution in [0.1, 0.15) is 18.4 Å². The van der Waals surface area contributed by atoms with Crippen molar-refractivity contribution in [2.75, 3.05) is 7.11 Å². The first-order chi connectivity index (χ1) is 10.1. The molecule has 1 aliphatic carbocycles. The van der Waals surface area contributed by atoms with E-state index in [-0.39, 0.29) is 25.2 Å². The maximum atomic E-state index is 11.7. The second-order valence-corrected chi connectivity index (χ2v) is 4.89. The molecule has 1 amide bonds. The second-order valence-electron chi connectivity index (χ2n) is 4.89. The van der Waals surface area contributed by atoms with E-state index in [1.807, 2.05) is 30.3 Å². The number of carbonyl (C=O) groups is 3. The van der Waals surface area contributed by atoms with Crippen LogP contribution in [0.4, 0.5) is 4.79 Å². The van der Waals surface area contributed by atoms with Gasteiger partial charge in [-0.05, 0) is 5.56 Å². The van der Waals surface area contributed by atoms with Gasteiger partial charge in [-0.1, -0.05) is 30.3 Å². The lowest BCUT2D eigenvalue weighted by Crippen LogP contribution is -2.40. The number of hydrogen-bond donors (Lipinski definition) is 1. The maximum Gasteiger partial charge on any atom is 0.407 e. The number of benzene rings is 1. The van der Waals surface area contributed by atoms with E-state index in [0.717, 1.165) is 5.56 Å². The Labute approximate surface area is 122 Å². The molecule has 1 saturated carbocycles. The summed E-state index contributed by atoms with van der Waals surface area (Å²) in [5, 5.41) is 2.56. The van der Waals surface area contributed by atoms with E-state index in [1.54, 1.807) is 0 Å². The van der Waals surface area contributed by atoms with Gasteiger partial charge in [-0.25, -0.2) is 4.79 Å². The first kappa shape index (κ1) is 15.0. The highest BCUT2D eigenvalue weighted by Gasteiger charge is 2.39. The van der Waals surface area contributed by atoms with E-state index < -0.39 is 24.0 Å². The summed E-state index contributed by atoms with van der Waals surface area (Å²) in [6.07, 6.45) is -0.427. The quantitative estimate of drug-likeness (QED) is 0.849. The van der Waals surface area contributed by atoms with Crippen molar-refractivity contribution in [2.24, 2.45) is 5.92 Å². The molecule has 0 unspecified atom stereocenters. The van der Waals surface area contributed by atoms with Crippen LogP contribution in [-0.4, -0.2) is 31.0 Å². The smallest absolute Gasteiger partial charge is 0.407 e. The Morgan fingerprint density at radius 2 is 1.95 bits per heavy atom. The van der Waals surface area contributed by atoms with Crippen LogP contribution in [0.2, 0.25) is 0 Å². The Morgan fingerprint density at radius 1 is 1.24 bits per heavy atom. The monoisotopic (exact) mass is 291 g/mol. The molecule has 0 saturated heterocycles. The highest BCUT2D eigenvalue weighted by molar-refractivity contribution is 5.90. The van der Waals surface area contributed by atoms with Gasteiger partial charge in [0.2, 0.25) is 0 Å². The zero-order valence-electron chi connectivity index (χ0n) is 11.7. The van der Waals surface area contributed by atoms with Gasteiger partial charge in [0.1, 0.15) is 12.4 Å². The number of amides is 1. The van der Waals surface area contributed by atoms with Gasteiger partial charge >= 0.3 is 12.1 Å². The number of methoxy groups -OCH3 is 1. The van der Waals surface area contributed by atoms with Crippen LogP contribution in [0, 0.1) is 5.92 Å². The molecule has 0 aromatic heterocycles. The fourth-order valence-corrected chi connectivity index (χ4v) is 2.33. The molecule has 0 spiro atoms. The number of ether oxygens (including phenoxy) is 2. The van der Waals surface area contributed by atoms with Crippen LogP contribution in [-0.2, 0) is 25.7 Å². The molecule has 112 valence electrons. The first-order valence-corrected chi connectivity index (χ1v) is 6.67. The Balaban J connectivity index is 1.86. The molecule has 21 heavy (non-hydrogen) atoms. The molecule has 0 bridgehead atoms. The normalized spacial score (nSPS) is 20.9. The molecule has 2 rings (SSSR count). The van der Waals surface area contributed by atoms with E-state index in [0.29, 0.717) is 0 Å². The fourth-order valence-electron chi connectivity index (χ4n) is 2.33. The fraction of sp³-hybridized carbons (Fsp3) is 0.400. The Hall–Kier alpha value is -2.37. The van der Waals surface area contributed by atoms with Gasteiger partial charge in [0.05, 0.1) is 19.1 Å². The van der Waals surface area contributed by atoms with E-state index in [2.05, 4.69) is 10.1 Å². The van der Waals surface area contributed by atoms with Gasteiger partial charge in [-0.2, -0.15) is 0 Å². The predicted octanol–water partition coefficient (Wildman–Crippen LogP) is 1.43. The molecule has 1 fully saturated rings. The van der Waals surface area contributed by atoms with Gasteiger partial charge in [-0.15, -0.1) is 0 Å².